The van der Waals surface area contributed by atoms with E-state index < -0.39 is 0 Å². The van der Waals surface area contributed by atoms with Gasteiger partial charge in [-0.15, -0.1) is 0 Å². The van der Waals surface area contributed by atoms with Gasteiger partial charge in [0.2, 0.25) is 0 Å². The number of likely N-dealkylation sites (tertiary alicyclic amines) is 1. The molecular formula is C22H36N3. The van der Waals surface area contributed by atoms with Gasteiger partial charge >= 0.3 is 0 Å². The molecule has 3 nitrogen and oxygen atoms in total. The first kappa shape index (κ1) is 18.1. The molecule has 0 bridgehead atoms. The van der Waals surface area contributed by atoms with Gasteiger partial charge in [0.05, 0.1) is 0 Å². The molecule has 3 heteroatoms. The Kier molecular flexibility index (Phi) is 6.19. The number of hydrogen-bond donors (Lipinski definition) is 2. The van der Waals surface area contributed by atoms with Crippen molar-refractivity contribution in [2.24, 2.45) is 0 Å². The highest BCUT2D eigenvalue weighted by Gasteiger charge is 2.17. The number of nitrogens with zero attached hydrogens (tertiary/aromatic N) is 1. The lowest BCUT2D eigenvalue weighted by molar-refractivity contribution is 0.232. The Morgan fingerprint density at radius 1 is 1.16 bits per heavy atom. The van der Waals surface area contributed by atoms with Crippen LogP contribution in [0.1, 0.15) is 59.2 Å². The zero-order valence-corrected chi connectivity index (χ0v) is 15.8. The van der Waals surface area contributed by atoms with Crippen LogP contribution >= 0.6 is 0 Å². The van der Waals surface area contributed by atoms with Gasteiger partial charge in [-0.05, 0) is 75.0 Å². The lowest BCUT2D eigenvalue weighted by Gasteiger charge is -2.26. The number of benzene rings is 1. The van der Waals surface area contributed by atoms with Gasteiger partial charge in [0, 0.05) is 38.2 Å². The van der Waals surface area contributed by atoms with E-state index in [1.807, 2.05) is 13.8 Å². The minimum absolute atomic E-state index is 0. The second kappa shape index (κ2) is 8.57. The van der Waals surface area contributed by atoms with Crippen LogP contribution in [-0.4, -0.2) is 36.1 Å². The molecule has 0 saturated carbocycles. The Labute approximate surface area is 155 Å². The molecule has 0 amide bonds. The Bertz CT molecular complexity index is 718. The molecule has 0 atom stereocenters. The van der Waals surface area contributed by atoms with Crippen molar-refractivity contribution < 1.29 is 2.85 Å². The summed E-state index contributed by atoms with van der Waals surface area (Å²) < 4.78 is 0. The normalized spacial score (nSPS) is 17.0. The minimum atomic E-state index is 0. The fourth-order valence-corrected chi connectivity index (χ4v) is 4.05. The number of fused-ring (bicyclic) bond motifs is 3. The van der Waals surface area contributed by atoms with Crippen molar-refractivity contribution in [1.82, 2.24) is 15.2 Å². The molecule has 1 aliphatic carbocycles. The molecule has 2 aliphatic rings. The van der Waals surface area contributed by atoms with Crippen molar-refractivity contribution in [3.8, 4) is 0 Å². The summed E-state index contributed by atoms with van der Waals surface area (Å²) in [6.45, 7) is 14.8. The van der Waals surface area contributed by atoms with Gasteiger partial charge in [0.15, 0.2) is 0 Å². The third-order valence-electron chi connectivity index (χ3n) is 5.35. The van der Waals surface area contributed by atoms with E-state index in [1.165, 1.54) is 73.8 Å². The van der Waals surface area contributed by atoms with Crippen LogP contribution in [0.3, 0.4) is 0 Å². The lowest BCUT2D eigenvalue weighted by atomic mass is 10.1. The maximum absolute atomic E-state index is 6.29. The monoisotopic (exact) mass is 342 g/mol. The highest BCUT2D eigenvalue weighted by molar-refractivity contribution is 5.88. The zero-order valence-electron chi connectivity index (χ0n) is 15.8. The topological polar surface area (TPSA) is 31.1 Å². The predicted octanol–water partition coefficient (Wildman–Crippen LogP) is 5.02. The first-order valence-electron chi connectivity index (χ1n) is 10.0. The van der Waals surface area contributed by atoms with E-state index >= 15 is 0 Å². The van der Waals surface area contributed by atoms with Crippen molar-refractivity contribution in [2.45, 2.75) is 52.4 Å². The highest BCUT2D eigenvalue weighted by Crippen LogP contribution is 2.31. The maximum atomic E-state index is 6.29. The van der Waals surface area contributed by atoms with Gasteiger partial charge in [-0.25, -0.2) is 0 Å². The van der Waals surface area contributed by atoms with Gasteiger partial charge in [-0.1, -0.05) is 26.3 Å². The van der Waals surface area contributed by atoms with E-state index in [2.05, 4.69) is 33.4 Å². The highest BCUT2D eigenvalue weighted by atomic mass is 15.1. The number of piperidine rings is 1. The van der Waals surface area contributed by atoms with Crippen LogP contribution in [0.25, 0.3) is 16.6 Å². The fourth-order valence-electron chi connectivity index (χ4n) is 4.05. The van der Waals surface area contributed by atoms with Gasteiger partial charge < -0.3 is 15.2 Å². The largest absolute Gasteiger partial charge is 0.383 e. The van der Waals surface area contributed by atoms with Crippen molar-refractivity contribution in [3.05, 3.63) is 41.6 Å². The average molecular weight is 343 g/mol. The SMILES string of the molecule is CC.[CH]=C(NCCN1CCCCC1)c1ccc2[nH]c3c(c2c1)CCC3.[HH].[HH]. The van der Waals surface area contributed by atoms with E-state index in [0.29, 0.717) is 0 Å². The molecule has 1 aromatic heterocycles. The second-order valence-electron chi connectivity index (χ2n) is 6.94. The summed E-state index contributed by atoms with van der Waals surface area (Å²) in [4.78, 5) is 6.08. The molecule has 0 unspecified atom stereocenters. The van der Waals surface area contributed by atoms with Crippen LogP contribution in [0.4, 0.5) is 0 Å². The molecule has 2 N–H and O–H groups in total. The van der Waals surface area contributed by atoms with Gasteiger partial charge in [-0.3, -0.25) is 0 Å². The second-order valence-corrected chi connectivity index (χ2v) is 6.94. The maximum Gasteiger partial charge on any atom is 0.0459 e. The summed E-state index contributed by atoms with van der Waals surface area (Å²) >= 11 is 0. The summed E-state index contributed by atoms with van der Waals surface area (Å²) in [5.74, 6) is 0. The van der Waals surface area contributed by atoms with Crippen molar-refractivity contribution in [2.75, 3.05) is 26.2 Å². The minimum Gasteiger partial charge on any atom is -0.383 e. The van der Waals surface area contributed by atoms with Crippen molar-refractivity contribution in [3.63, 3.8) is 0 Å². The molecular weight excluding hydrogens is 306 g/mol. The molecule has 1 radical (unpaired) electrons. The number of nitrogens with one attached hydrogen (secondary N) is 2. The third-order valence-corrected chi connectivity index (χ3v) is 5.35. The summed E-state index contributed by atoms with van der Waals surface area (Å²) in [7, 11) is 0. The molecule has 0 spiro atoms. The van der Waals surface area contributed by atoms with Crippen LogP contribution in [-0.2, 0) is 12.8 Å². The summed E-state index contributed by atoms with van der Waals surface area (Å²) in [5, 5.41) is 4.77. The van der Waals surface area contributed by atoms with Crippen molar-refractivity contribution in [1.29, 1.82) is 0 Å². The van der Waals surface area contributed by atoms with Crippen LogP contribution in [0, 0.1) is 6.58 Å². The molecule has 1 aliphatic heterocycles. The summed E-state index contributed by atoms with van der Waals surface area (Å²) in [5.41, 5.74) is 6.10. The third kappa shape index (κ3) is 4.09. The fraction of sp³-hybridized carbons (Fsp3) is 0.545. The molecule has 1 saturated heterocycles. The van der Waals surface area contributed by atoms with Crippen LogP contribution in [0.5, 0.6) is 0 Å². The van der Waals surface area contributed by atoms with Crippen LogP contribution in [0.2, 0.25) is 0 Å². The number of rotatable bonds is 5. The summed E-state index contributed by atoms with van der Waals surface area (Å²) in [6.07, 6.45) is 7.73. The molecule has 4 rings (SSSR count). The molecule has 1 aromatic carbocycles. The number of aryl methyl sites for hydroxylation is 2. The quantitative estimate of drug-likeness (QED) is 0.799. The number of hydrogen-bond acceptors (Lipinski definition) is 2. The summed E-state index contributed by atoms with van der Waals surface area (Å²) in [6, 6.07) is 6.54. The molecule has 139 valence electrons. The molecule has 1 fully saturated rings. The van der Waals surface area contributed by atoms with E-state index in [0.717, 1.165) is 24.4 Å². The number of aromatic amines is 1. The van der Waals surface area contributed by atoms with Crippen molar-refractivity contribution >= 4 is 16.6 Å². The van der Waals surface area contributed by atoms with Crippen LogP contribution in [0.15, 0.2) is 18.2 Å². The molecule has 2 aromatic rings. The van der Waals surface area contributed by atoms with E-state index in [1.54, 1.807) is 0 Å². The first-order valence-corrected chi connectivity index (χ1v) is 10.0. The number of aromatic nitrogens is 1. The van der Waals surface area contributed by atoms with E-state index in [-0.39, 0.29) is 2.85 Å². The van der Waals surface area contributed by atoms with Gasteiger partial charge in [-0.2, -0.15) is 0 Å². The smallest absolute Gasteiger partial charge is 0.0459 e. The Morgan fingerprint density at radius 3 is 2.76 bits per heavy atom. The predicted molar refractivity (Wildman–Crippen MR) is 112 cm³/mol. The average Bonchev–Trinajstić information content (AvgIpc) is 3.25. The lowest BCUT2D eigenvalue weighted by Crippen LogP contribution is -2.35. The first-order chi connectivity index (χ1) is 12.3. The Balaban J connectivity index is 0.000000883. The van der Waals surface area contributed by atoms with E-state index in [9.17, 15) is 0 Å². The van der Waals surface area contributed by atoms with Gasteiger partial charge in [0.1, 0.15) is 0 Å². The molecule has 25 heavy (non-hydrogen) atoms. The Morgan fingerprint density at radius 2 is 1.96 bits per heavy atom. The standard InChI is InChI=1S/C20H26N3.C2H6.2H2/c1-15(21-10-13-23-11-3-2-4-12-23)16-8-9-20-18(14-16)17-6-5-7-19(17)22-20;1-2;;/h1,8-9,14,21-22H,2-7,10-13H2;1-2H3;2*1H. The Hall–Kier alpha value is -1.74. The van der Waals surface area contributed by atoms with Crippen LogP contribution < -0.4 is 5.32 Å². The number of H-pyrrole nitrogens is 1. The molecule has 2 heterocycles. The zero-order chi connectivity index (χ0) is 17.6. The van der Waals surface area contributed by atoms with Gasteiger partial charge in [0.25, 0.3) is 0 Å². The van der Waals surface area contributed by atoms with E-state index in [4.69, 9.17) is 6.58 Å².